The summed E-state index contributed by atoms with van der Waals surface area (Å²) in [7, 11) is -3.28. The first-order valence-electron chi connectivity index (χ1n) is 3.40. The predicted octanol–water partition coefficient (Wildman–Crippen LogP) is -0.837. The Bertz CT molecular complexity index is 177. The molecule has 0 radical (unpaired) electrons. The van der Waals surface area contributed by atoms with Gasteiger partial charge in [0.15, 0.2) is 9.84 Å². The van der Waals surface area contributed by atoms with Crippen LogP contribution in [0.5, 0.6) is 0 Å². The number of hydrogen-bond donors (Lipinski definition) is 2. The summed E-state index contributed by atoms with van der Waals surface area (Å²) < 4.78 is 21.9. The summed E-state index contributed by atoms with van der Waals surface area (Å²) in [5.41, 5.74) is 0. The molecule has 5 heteroatoms. The van der Waals surface area contributed by atoms with E-state index in [0.29, 0.717) is 0 Å². The van der Waals surface area contributed by atoms with Crippen LogP contribution in [0.2, 0.25) is 0 Å². The molecule has 0 aromatic carbocycles. The van der Waals surface area contributed by atoms with Gasteiger partial charge in [-0.2, -0.15) is 0 Å². The quantitative estimate of drug-likeness (QED) is 0.594. The topological polar surface area (TPSA) is 74.6 Å². The number of hydrogen-bond acceptors (Lipinski definition) is 4. The molecule has 0 fully saturated rings. The minimum atomic E-state index is -3.28. The Morgan fingerprint density at radius 2 is 1.36 bits per heavy atom. The molecule has 11 heavy (non-hydrogen) atoms. The number of aliphatic hydroxyl groups excluding tert-OH is 2. The fraction of sp³-hybridized carbons (Fsp3) is 1.00. The molecule has 0 aliphatic carbocycles. The molecule has 2 N–H and O–H groups in total. The Morgan fingerprint density at radius 1 is 1.09 bits per heavy atom. The second-order valence-electron chi connectivity index (χ2n) is 2.77. The Morgan fingerprint density at radius 3 is 1.55 bits per heavy atom. The highest BCUT2D eigenvalue weighted by Gasteiger charge is 2.16. The number of sulfone groups is 1. The van der Waals surface area contributed by atoms with Gasteiger partial charge in [0.25, 0.3) is 0 Å². The molecule has 0 saturated carbocycles. The van der Waals surface area contributed by atoms with Gasteiger partial charge < -0.3 is 10.2 Å². The largest absolute Gasteiger partial charge is 0.392 e. The summed E-state index contributed by atoms with van der Waals surface area (Å²) in [4.78, 5) is 0. The van der Waals surface area contributed by atoms with Gasteiger partial charge in [0.2, 0.25) is 0 Å². The predicted molar refractivity (Wildman–Crippen MR) is 42.0 cm³/mol. The molecule has 0 bridgehead atoms. The normalized spacial score (nSPS) is 17.8. The summed E-state index contributed by atoms with van der Waals surface area (Å²) in [6.07, 6.45) is -1.72. The molecule has 0 aliphatic heterocycles. The lowest BCUT2D eigenvalue weighted by Crippen LogP contribution is -2.25. The first kappa shape index (κ1) is 10.9. The smallest absolute Gasteiger partial charge is 0.155 e. The average molecular weight is 182 g/mol. The molecule has 0 aromatic heterocycles. The molecular weight excluding hydrogens is 168 g/mol. The van der Waals surface area contributed by atoms with Crippen molar-refractivity contribution in [2.45, 2.75) is 26.1 Å². The van der Waals surface area contributed by atoms with Crippen LogP contribution in [0.25, 0.3) is 0 Å². The third kappa shape index (κ3) is 6.28. The molecule has 2 atom stereocenters. The van der Waals surface area contributed by atoms with E-state index < -0.39 is 22.0 Å². The lowest BCUT2D eigenvalue weighted by atomic mass is 10.5. The van der Waals surface area contributed by atoms with Crippen LogP contribution in [0, 0.1) is 0 Å². The summed E-state index contributed by atoms with van der Waals surface area (Å²) in [5, 5.41) is 17.5. The van der Waals surface area contributed by atoms with Crippen LogP contribution in [0.1, 0.15) is 13.8 Å². The molecule has 0 rings (SSSR count). The van der Waals surface area contributed by atoms with Crippen molar-refractivity contribution in [3.63, 3.8) is 0 Å². The average Bonchev–Trinajstić information content (AvgIpc) is 1.53. The standard InChI is InChI=1S/C6H14O4S/c1-5(7)3-11(9,10)4-6(2)8/h5-8H,3-4H2,1-2H3/t5-,6-/m0/s1. The van der Waals surface area contributed by atoms with E-state index in [9.17, 15) is 8.42 Å². The maximum atomic E-state index is 10.9. The maximum absolute atomic E-state index is 10.9. The first-order valence-corrected chi connectivity index (χ1v) is 5.22. The van der Waals surface area contributed by atoms with Gasteiger partial charge in [-0.25, -0.2) is 8.42 Å². The van der Waals surface area contributed by atoms with Crippen molar-refractivity contribution in [2.24, 2.45) is 0 Å². The second kappa shape index (κ2) is 4.04. The fourth-order valence-electron chi connectivity index (χ4n) is 0.803. The summed E-state index contributed by atoms with van der Waals surface area (Å²) >= 11 is 0. The van der Waals surface area contributed by atoms with Crippen molar-refractivity contribution in [2.75, 3.05) is 11.5 Å². The minimum Gasteiger partial charge on any atom is -0.392 e. The third-order valence-electron chi connectivity index (χ3n) is 0.990. The van der Waals surface area contributed by atoms with Crippen molar-refractivity contribution >= 4 is 9.84 Å². The molecule has 0 aromatic rings. The van der Waals surface area contributed by atoms with E-state index in [1.54, 1.807) is 0 Å². The van der Waals surface area contributed by atoms with Gasteiger partial charge in [-0.3, -0.25) is 0 Å². The van der Waals surface area contributed by atoms with Gasteiger partial charge in [0, 0.05) is 0 Å². The van der Waals surface area contributed by atoms with Crippen LogP contribution in [-0.4, -0.2) is 42.3 Å². The van der Waals surface area contributed by atoms with Crippen molar-refractivity contribution in [1.29, 1.82) is 0 Å². The molecule has 0 amide bonds. The molecule has 0 spiro atoms. The molecule has 68 valence electrons. The Hall–Kier alpha value is -0.130. The Labute approximate surface area is 66.8 Å². The second-order valence-corrected chi connectivity index (χ2v) is 4.93. The summed E-state index contributed by atoms with van der Waals surface area (Å²) in [6, 6.07) is 0. The van der Waals surface area contributed by atoms with Crippen LogP contribution >= 0.6 is 0 Å². The van der Waals surface area contributed by atoms with E-state index in [1.807, 2.05) is 0 Å². The summed E-state index contributed by atoms with van der Waals surface area (Å²) in [6.45, 7) is 2.80. The van der Waals surface area contributed by atoms with Crippen LogP contribution in [-0.2, 0) is 9.84 Å². The van der Waals surface area contributed by atoms with Crippen molar-refractivity contribution in [3.8, 4) is 0 Å². The van der Waals surface area contributed by atoms with E-state index in [4.69, 9.17) is 10.2 Å². The van der Waals surface area contributed by atoms with Crippen molar-refractivity contribution in [3.05, 3.63) is 0 Å². The van der Waals surface area contributed by atoms with Gasteiger partial charge in [0.1, 0.15) is 0 Å². The Balaban J connectivity index is 4.03. The van der Waals surface area contributed by atoms with Crippen LogP contribution in [0.3, 0.4) is 0 Å². The first-order chi connectivity index (χ1) is 4.83. The van der Waals surface area contributed by atoms with E-state index in [1.165, 1.54) is 13.8 Å². The zero-order chi connectivity index (χ0) is 9.07. The highest BCUT2D eigenvalue weighted by molar-refractivity contribution is 7.91. The lowest BCUT2D eigenvalue weighted by molar-refractivity contribution is 0.210. The number of aliphatic hydroxyl groups is 2. The molecular formula is C6H14O4S. The van der Waals surface area contributed by atoms with Crippen LogP contribution in [0.15, 0.2) is 0 Å². The molecule has 4 nitrogen and oxygen atoms in total. The molecule has 0 heterocycles. The van der Waals surface area contributed by atoms with Gasteiger partial charge in [-0.05, 0) is 13.8 Å². The lowest BCUT2D eigenvalue weighted by Gasteiger charge is -2.07. The fourth-order valence-corrected chi connectivity index (χ4v) is 2.41. The zero-order valence-electron chi connectivity index (χ0n) is 6.69. The van der Waals surface area contributed by atoms with E-state index in [-0.39, 0.29) is 11.5 Å². The molecule has 0 saturated heterocycles. The number of rotatable bonds is 4. The van der Waals surface area contributed by atoms with Gasteiger partial charge in [0.05, 0.1) is 23.7 Å². The SMILES string of the molecule is C[C@H](O)CS(=O)(=O)C[C@H](C)O. The molecule has 0 aliphatic rings. The molecule has 0 unspecified atom stereocenters. The maximum Gasteiger partial charge on any atom is 0.155 e. The van der Waals surface area contributed by atoms with E-state index >= 15 is 0 Å². The van der Waals surface area contributed by atoms with Crippen molar-refractivity contribution in [1.82, 2.24) is 0 Å². The van der Waals surface area contributed by atoms with E-state index in [2.05, 4.69) is 0 Å². The highest BCUT2D eigenvalue weighted by atomic mass is 32.2. The zero-order valence-corrected chi connectivity index (χ0v) is 7.50. The van der Waals surface area contributed by atoms with Gasteiger partial charge >= 0.3 is 0 Å². The van der Waals surface area contributed by atoms with Crippen LogP contribution in [0.4, 0.5) is 0 Å². The third-order valence-corrected chi connectivity index (χ3v) is 2.97. The van der Waals surface area contributed by atoms with Crippen LogP contribution < -0.4 is 0 Å². The van der Waals surface area contributed by atoms with Gasteiger partial charge in [-0.15, -0.1) is 0 Å². The highest BCUT2D eigenvalue weighted by Crippen LogP contribution is 1.97. The Kier molecular flexibility index (Phi) is 3.99. The van der Waals surface area contributed by atoms with Gasteiger partial charge in [-0.1, -0.05) is 0 Å². The van der Waals surface area contributed by atoms with Crippen molar-refractivity contribution < 1.29 is 18.6 Å². The monoisotopic (exact) mass is 182 g/mol. The summed E-state index contributed by atoms with van der Waals surface area (Å²) in [5.74, 6) is -0.560. The van der Waals surface area contributed by atoms with E-state index in [0.717, 1.165) is 0 Å². The minimum absolute atomic E-state index is 0.280.